The summed E-state index contributed by atoms with van der Waals surface area (Å²) in [5.41, 5.74) is 0.427. The zero-order valence-electron chi connectivity index (χ0n) is 13.8. The molecule has 3 atom stereocenters. The van der Waals surface area contributed by atoms with E-state index < -0.39 is 0 Å². The van der Waals surface area contributed by atoms with Crippen molar-refractivity contribution < 1.29 is 4.74 Å². The molecule has 22 heavy (non-hydrogen) atoms. The summed E-state index contributed by atoms with van der Waals surface area (Å²) in [5, 5.41) is 8.23. The van der Waals surface area contributed by atoms with Crippen LogP contribution in [0.15, 0.2) is 12.1 Å². The number of fused-ring (bicyclic) bond motifs is 1. The van der Waals surface area contributed by atoms with Crippen LogP contribution < -0.4 is 4.74 Å². The van der Waals surface area contributed by atoms with Gasteiger partial charge < -0.3 is 9.64 Å². The summed E-state index contributed by atoms with van der Waals surface area (Å²) in [6, 6.07) is 3.53. The predicted molar refractivity (Wildman–Crippen MR) is 88.2 cm³/mol. The molecule has 3 rings (SSSR count). The highest BCUT2D eigenvalue weighted by atomic mass is 35.5. The number of nitrogens with zero attached hydrogens (tertiary/aromatic N) is 3. The van der Waals surface area contributed by atoms with Gasteiger partial charge >= 0.3 is 0 Å². The Hall–Kier alpha value is -0.870. The van der Waals surface area contributed by atoms with E-state index in [0.717, 1.165) is 24.7 Å². The van der Waals surface area contributed by atoms with Crippen LogP contribution >= 0.6 is 11.6 Å². The van der Waals surface area contributed by atoms with Gasteiger partial charge in [0.15, 0.2) is 5.15 Å². The van der Waals surface area contributed by atoms with Gasteiger partial charge in [0.05, 0.1) is 0 Å². The summed E-state index contributed by atoms with van der Waals surface area (Å²) in [6.45, 7) is 10.6. The maximum atomic E-state index is 5.97. The Morgan fingerprint density at radius 3 is 2.41 bits per heavy atom. The van der Waals surface area contributed by atoms with Gasteiger partial charge in [0.2, 0.25) is 5.88 Å². The summed E-state index contributed by atoms with van der Waals surface area (Å²) in [4.78, 5) is 2.64. The minimum atomic E-state index is 0.287. The van der Waals surface area contributed by atoms with Gasteiger partial charge in [0.1, 0.15) is 6.10 Å². The summed E-state index contributed by atoms with van der Waals surface area (Å²) >= 11 is 5.75. The monoisotopic (exact) mass is 323 g/mol. The van der Waals surface area contributed by atoms with Crippen molar-refractivity contribution in [1.29, 1.82) is 0 Å². The fourth-order valence-corrected chi connectivity index (χ4v) is 3.75. The second kappa shape index (κ2) is 6.32. The third-order valence-corrected chi connectivity index (χ3v) is 5.06. The Morgan fingerprint density at radius 2 is 1.86 bits per heavy atom. The van der Waals surface area contributed by atoms with Gasteiger partial charge in [-0.1, -0.05) is 32.4 Å². The lowest BCUT2D eigenvalue weighted by molar-refractivity contribution is 0.173. The molecule has 1 aromatic rings. The summed E-state index contributed by atoms with van der Waals surface area (Å²) in [7, 11) is 0. The largest absolute Gasteiger partial charge is 0.473 e. The molecule has 2 fully saturated rings. The summed E-state index contributed by atoms with van der Waals surface area (Å²) in [5.74, 6) is 2.16. The van der Waals surface area contributed by atoms with Crippen molar-refractivity contribution in [3.63, 3.8) is 0 Å². The molecule has 1 saturated carbocycles. The minimum absolute atomic E-state index is 0.287. The van der Waals surface area contributed by atoms with E-state index in [1.165, 1.54) is 26.1 Å². The molecule has 1 aliphatic heterocycles. The first-order valence-corrected chi connectivity index (χ1v) is 8.65. The van der Waals surface area contributed by atoms with Crippen molar-refractivity contribution >= 4 is 11.6 Å². The SMILES string of the molecule is CC(C)(C)CCN1C[C@H]2CC(Oc3ccc(Cl)nn3)C[C@H]2C1. The van der Waals surface area contributed by atoms with Gasteiger partial charge in [-0.2, -0.15) is 0 Å². The van der Waals surface area contributed by atoms with Gasteiger partial charge in [-0.3, -0.25) is 0 Å². The van der Waals surface area contributed by atoms with Crippen molar-refractivity contribution in [2.45, 2.75) is 46.1 Å². The standard InChI is InChI=1S/C17H26ClN3O/c1-17(2,3)6-7-21-10-12-8-14(9-13(12)11-21)22-16-5-4-15(18)19-20-16/h4-5,12-14H,6-11H2,1-3H3/t12-,13+,14?. The molecule has 5 heteroatoms. The van der Waals surface area contributed by atoms with E-state index in [9.17, 15) is 0 Å². The average molecular weight is 324 g/mol. The Morgan fingerprint density at radius 1 is 1.18 bits per heavy atom. The number of hydrogen-bond acceptors (Lipinski definition) is 4. The number of rotatable bonds is 4. The minimum Gasteiger partial charge on any atom is -0.473 e. The molecular formula is C17H26ClN3O. The lowest BCUT2D eigenvalue weighted by Gasteiger charge is -2.24. The number of aromatic nitrogens is 2. The van der Waals surface area contributed by atoms with Gasteiger partial charge in [-0.15, -0.1) is 10.2 Å². The average Bonchev–Trinajstić information content (AvgIpc) is 2.96. The highest BCUT2D eigenvalue weighted by molar-refractivity contribution is 6.29. The van der Waals surface area contributed by atoms with Crippen LogP contribution in [0.5, 0.6) is 5.88 Å². The number of halogens is 1. The first-order chi connectivity index (χ1) is 10.4. The van der Waals surface area contributed by atoms with E-state index in [1.54, 1.807) is 12.1 Å². The lowest BCUT2D eigenvalue weighted by Crippen LogP contribution is -2.28. The van der Waals surface area contributed by atoms with Gasteiger partial charge in [0.25, 0.3) is 0 Å². The maximum Gasteiger partial charge on any atom is 0.233 e. The zero-order chi connectivity index (χ0) is 15.7. The van der Waals surface area contributed by atoms with Crippen molar-refractivity contribution in [2.75, 3.05) is 19.6 Å². The lowest BCUT2D eigenvalue weighted by atomic mass is 9.92. The smallest absolute Gasteiger partial charge is 0.233 e. The molecule has 4 nitrogen and oxygen atoms in total. The zero-order valence-corrected chi connectivity index (χ0v) is 14.5. The highest BCUT2D eigenvalue weighted by Crippen LogP contribution is 2.39. The van der Waals surface area contributed by atoms with E-state index in [1.807, 2.05) is 0 Å². The third kappa shape index (κ3) is 4.11. The second-order valence-electron chi connectivity index (χ2n) is 8.00. The van der Waals surface area contributed by atoms with E-state index >= 15 is 0 Å². The Labute approximate surface area is 138 Å². The molecular weight excluding hydrogens is 298 g/mol. The predicted octanol–water partition coefficient (Wildman–Crippen LogP) is 3.66. The number of hydrogen-bond donors (Lipinski definition) is 0. The molecule has 0 spiro atoms. The van der Waals surface area contributed by atoms with Crippen molar-refractivity contribution in [1.82, 2.24) is 15.1 Å². The van der Waals surface area contributed by atoms with Crippen LogP contribution in [0.3, 0.4) is 0 Å². The molecule has 2 aliphatic rings. The van der Waals surface area contributed by atoms with Crippen LogP contribution in [0.4, 0.5) is 0 Å². The van der Waals surface area contributed by atoms with E-state index in [-0.39, 0.29) is 6.10 Å². The van der Waals surface area contributed by atoms with Crippen molar-refractivity contribution in [3.8, 4) is 5.88 Å². The molecule has 122 valence electrons. The molecule has 1 saturated heterocycles. The molecule has 1 aliphatic carbocycles. The fraction of sp³-hybridized carbons (Fsp3) is 0.765. The summed E-state index contributed by atoms with van der Waals surface area (Å²) in [6.07, 6.45) is 3.84. The van der Waals surface area contributed by atoms with Crippen molar-refractivity contribution in [2.24, 2.45) is 17.3 Å². The Kier molecular flexibility index (Phi) is 4.60. The number of ether oxygens (including phenoxy) is 1. The van der Waals surface area contributed by atoms with Crippen LogP contribution in [0.2, 0.25) is 5.15 Å². The maximum absolute atomic E-state index is 5.97. The fourth-order valence-electron chi connectivity index (χ4n) is 3.65. The molecule has 0 bridgehead atoms. The van der Waals surface area contributed by atoms with Crippen molar-refractivity contribution in [3.05, 3.63) is 17.3 Å². The van der Waals surface area contributed by atoms with Crippen LogP contribution in [-0.2, 0) is 0 Å². The molecule has 1 aromatic heterocycles. The van der Waals surface area contributed by atoms with Crippen LogP contribution in [-0.4, -0.2) is 40.8 Å². The second-order valence-corrected chi connectivity index (χ2v) is 8.38. The van der Waals surface area contributed by atoms with Crippen LogP contribution in [0, 0.1) is 17.3 Å². The third-order valence-electron chi connectivity index (χ3n) is 4.86. The molecule has 0 amide bonds. The summed E-state index contributed by atoms with van der Waals surface area (Å²) < 4.78 is 5.97. The van der Waals surface area contributed by atoms with E-state index in [2.05, 4.69) is 35.9 Å². The van der Waals surface area contributed by atoms with E-state index in [4.69, 9.17) is 16.3 Å². The number of likely N-dealkylation sites (tertiary alicyclic amines) is 1. The quantitative estimate of drug-likeness (QED) is 0.847. The van der Waals surface area contributed by atoms with Crippen LogP contribution in [0.25, 0.3) is 0 Å². The first kappa shape index (κ1) is 16.0. The normalized spacial score (nSPS) is 28.8. The molecule has 0 radical (unpaired) electrons. The van der Waals surface area contributed by atoms with Gasteiger partial charge in [0, 0.05) is 19.2 Å². The Balaban J connectivity index is 1.46. The highest BCUT2D eigenvalue weighted by Gasteiger charge is 2.41. The topological polar surface area (TPSA) is 38.2 Å². The molecule has 0 N–H and O–H groups in total. The molecule has 1 unspecified atom stereocenters. The Bertz CT molecular complexity index is 486. The van der Waals surface area contributed by atoms with Gasteiger partial charge in [-0.25, -0.2) is 0 Å². The molecule has 0 aromatic carbocycles. The molecule has 2 heterocycles. The first-order valence-electron chi connectivity index (χ1n) is 8.27. The van der Waals surface area contributed by atoms with E-state index in [0.29, 0.717) is 16.4 Å². The van der Waals surface area contributed by atoms with Gasteiger partial charge in [-0.05, 0) is 49.1 Å². The van der Waals surface area contributed by atoms with Crippen LogP contribution in [0.1, 0.15) is 40.0 Å².